The average molecular weight is 413 g/mol. The molecule has 10 nitrogen and oxygen atoms in total. The summed E-state index contributed by atoms with van der Waals surface area (Å²) < 4.78 is 0. The molecule has 0 atom stereocenters. The number of nitrogens with one attached hydrogen (secondary N) is 2. The van der Waals surface area contributed by atoms with Crippen molar-refractivity contribution in [1.82, 2.24) is 10.4 Å². The molecule has 0 aromatic heterocycles. The number of amides is 3. The molecule has 10 heteroatoms. The minimum atomic E-state index is -0.822. The van der Waals surface area contributed by atoms with Crippen LogP contribution in [-0.4, -0.2) is 53.1 Å². The number of hydrogen-bond donors (Lipinski definition) is 3. The number of hydrogen-bond acceptors (Lipinski definition) is 6. The van der Waals surface area contributed by atoms with Crippen molar-refractivity contribution in [3.8, 4) is 0 Å². The smallest absolute Gasteiger partial charge is 0.321 e. The Morgan fingerprint density at radius 3 is 2.37 bits per heavy atom. The molecule has 2 aromatic rings. The predicted octanol–water partition coefficient (Wildman–Crippen LogP) is 2.68. The lowest BCUT2D eigenvalue weighted by Crippen LogP contribution is -2.50. The Morgan fingerprint density at radius 2 is 1.77 bits per heavy atom. The van der Waals surface area contributed by atoms with Crippen LogP contribution in [0.1, 0.15) is 21.5 Å². The number of nitro benzene ring substituents is 1. The van der Waals surface area contributed by atoms with Crippen molar-refractivity contribution in [3.63, 3.8) is 0 Å². The quantitative estimate of drug-likeness (QED) is 0.402. The molecule has 0 aliphatic carbocycles. The van der Waals surface area contributed by atoms with Crippen LogP contribution in [0.3, 0.4) is 0 Å². The fourth-order valence-electron chi connectivity index (χ4n) is 3.44. The van der Waals surface area contributed by atoms with Gasteiger partial charge in [0.05, 0.1) is 4.92 Å². The van der Waals surface area contributed by atoms with Gasteiger partial charge in [-0.3, -0.25) is 20.1 Å². The number of aryl methyl sites for hydroxylation is 2. The first-order chi connectivity index (χ1) is 14.3. The lowest BCUT2D eigenvalue weighted by atomic mass is 10.1. The number of urea groups is 1. The molecular formula is C20H23N5O5. The van der Waals surface area contributed by atoms with Crippen LogP contribution in [0.15, 0.2) is 36.4 Å². The number of nitrogens with zero attached hydrogens (tertiary/aromatic N) is 3. The topological polar surface area (TPSA) is 128 Å². The van der Waals surface area contributed by atoms with E-state index in [2.05, 4.69) is 5.32 Å². The molecule has 3 amide bonds. The van der Waals surface area contributed by atoms with Gasteiger partial charge >= 0.3 is 6.03 Å². The van der Waals surface area contributed by atoms with Gasteiger partial charge in [-0.2, -0.15) is 0 Å². The molecule has 0 saturated carbocycles. The van der Waals surface area contributed by atoms with Crippen molar-refractivity contribution in [2.75, 3.05) is 36.4 Å². The van der Waals surface area contributed by atoms with Crippen molar-refractivity contribution < 1.29 is 19.7 Å². The van der Waals surface area contributed by atoms with Gasteiger partial charge in [0.25, 0.3) is 11.6 Å². The molecule has 158 valence electrons. The van der Waals surface area contributed by atoms with Crippen molar-refractivity contribution in [2.24, 2.45) is 0 Å². The van der Waals surface area contributed by atoms with E-state index in [1.54, 1.807) is 9.80 Å². The molecule has 1 fully saturated rings. The third kappa shape index (κ3) is 4.49. The number of anilines is 2. The largest absolute Gasteiger partial charge is 0.362 e. The van der Waals surface area contributed by atoms with Crippen LogP contribution in [0.2, 0.25) is 0 Å². The third-order valence-electron chi connectivity index (χ3n) is 5.07. The fraction of sp³-hybridized carbons (Fsp3) is 0.300. The van der Waals surface area contributed by atoms with Crippen LogP contribution in [0.25, 0.3) is 0 Å². The van der Waals surface area contributed by atoms with Gasteiger partial charge in [-0.15, -0.1) is 0 Å². The molecule has 0 bridgehead atoms. The molecule has 0 unspecified atom stereocenters. The zero-order valence-electron chi connectivity index (χ0n) is 16.7. The number of rotatable bonds is 4. The van der Waals surface area contributed by atoms with Crippen LogP contribution in [-0.2, 0) is 0 Å². The Hall–Kier alpha value is -3.66. The summed E-state index contributed by atoms with van der Waals surface area (Å²) >= 11 is 0. The number of nitro groups is 1. The SMILES string of the molecule is Cc1ccc(NC(=O)N2CCN(c3ccc(C(=O)NO)cc3[N+](=O)[O-])CC2)c(C)c1. The fourth-order valence-corrected chi connectivity index (χ4v) is 3.44. The van der Waals surface area contributed by atoms with E-state index in [1.165, 1.54) is 17.6 Å². The highest BCUT2D eigenvalue weighted by Gasteiger charge is 2.27. The van der Waals surface area contributed by atoms with Crippen LogP contribution in [0, 0.1) is 24.0 Å². The monoisotopic (exact) mass is 413 g/mol. The van der Waals surface area contributed by atoms with E-state index in [0.717, 1.165) is 22.9 Å². The maximum atomic E-state index is 12.6. The Balaban J connectivity index is 1.68. The number of piperazine rings is 1. The van der Waals surface area contributed by atoms with E-state index >= 15 is 0 Å². The number of carbonyl (C=O) groups is 2. The first kappa shape index (κ1) is 21.1. The van der Waals surface area contributed by atoms with Gasteiger partial charge in [0.1, 0.15) is 5.69 Å². The minimum absolute atomic E-state index is 0.0144. The van der Waals surface area contributed by atoms with Crippen molar-refractivity contribution >= 4 is 29.0 Å². The lowest BCUT2D eigenvalue weighted by molar-refractivity contribution is -0.384. The highest BCUT2D eigenvalue weighted by atomic mass is 16.6. The summed E-state index contributed by atoms with van der Waals surface area (Å²) in [7, 11) is 0. The molecule has 1 aliphatic rings. The molecule has 3 rings (SSSR count). The zero-order valence-corrected chi connectivity index (χ0v) is 16.7. The summed E-state index contributed by atoms with van der Waals surface area (Å²) in [4.78, 5) is 38.5. The normalized spacial score (nSPS) is 13.7. The Labute approximate surface area is 173 Å². The van der Waals surface area contributed by atoms with E-state index in [0.29, 0.717) is 31.9 Å². The summed E-state index contributed by atoms with van der Waals surface area (Å²) in [6.45, 7) is 5.53. The average Bonchev–Trinajstić information content (AvgIpc) is 2.74. The first-order valence-corrected chi connectivity index (χ1v) is 9.41. The maximum Gasteiger partial charge on any atom is 0.321 e. The van der Waals surface area contributed by atoms with E-state index < -0.39 is 10.8 Å². The Kier molecular flexibility index (Phi) is 6.17. The Bertz CT molecular complexity index is 986. The zero-order chi connectivity index (χ0) is 21.8. The molecule has 3 N–H and O–H groups in total. The second-order valence-electron chi connectivity index (χ2n) is 7.12. The lowest BCUT2D eigenvalue weighted by Gasteiger charge is -2.35. The molecule has 1 saturated heterocycles. The number of carbonyl (C=O) groups excluding carboxylic acids is 2. The van der Waals surface area contributed by atoms with Gasteiger partial charge in [0.15, 0.2) is 0 Å². The van der Waals surface area contributed by atoms with E-state index in [-0.39, 0.29) is 17.3 Å². The molecule has 0 radical (unpaired) electrons. The summed E-state index contributed by atoms with van der Waals surface area (Å²) in [5.74, 6) is -0.822. The van der Waals surface area contributed by atoms with Gasteiger partial charge in [-0.1, -0.05) is 17.7 Å². The first-order valence-electron chi connectivity index (χ1n) is 9.41. The highest BCUT2D eigenvalue weighted by Crippen LogP contribution is 2.30. The summed E-state index contributed by atoms with van der Waals surface area (Å²) in [5, 5.41) is 23.1. The van der Waals surface area contributed by atoms with Crippen molar-refractivity contribution in [3.05, 3.63) is 63.2 Å². The van der Waals surface area contributed by atoms with Crippen LogP contribution in [0.4, 0.5) is 21.9 Å². The molecule has 1 heterocycles. The van der Waals surface area contributed by atoms with Gasteiger partial charge < -0.3 is 15.1 Å². The number of benzene rings is 2. The van der Waals surface area contributed by atoms with E-state index in [9.17, 15) is 19.7 Å². The van der Waals surface area contributed by atoms with E-state index in [1.807, 2.05) is 32.0 Å². The molecule has 30 heavy (non-hydrogen) atoms. The standard InChI is InChI=1S/C20H23N5O5/c1-13-3-5-16(14(2)11-13)21-20(27)24-9-7-23(8-10-24)17-6-4-15(19(26)22-28)12-18(17)25(29)30/h3-6,11-12,28H,7-10H2,1-2H3,(H,21,27)(H,22,26). The highest BCUT2D eigenvalue weighted by molar-refractivity contribution is 5.95. The van der Waals surface area contributed by atoms with Crippen LogP contribution < -0.4 is 15.7 Å². The van der Waals surface area contributed by atoms with Gasteiger partial charge in [0, 0.05) is 43.5 Å². The molecular weight excluding hydrogens is 390 g/mol. The third-order valence-corrected chi connectivity index (χ3v) is 5.07. The van der Waals surface area contributed by atoms with Gasteiger partial charge in [0.2, 0.25) is 0 Å². The van der Waals surface area contributed by atoms with E-state index in [4.69, 9.17) is 5.21 Å². The number of hydroxylamine groups is 1. The Morgan fingerprint density at radius 1 is 1.07 bits per heavy atom. The van der Waals surface area contributed by atoms with Gasteiger partial charge in [-0.25, -0.2) is 10.3 Å². The summed E-state index contributed by atoms with van der Waals surface area (Å²) in [6, 6.07) is 9.59. The summed E-state index contributed by atoms with van der Waals surface area (Å²) in [5.41, 5.74) is 4.43. The molecule has 0 spiro atoms. The van der Waals surface area contributed by atoms with Crippen molar-refractivity contribution in [2.45, 2.75) is 13.8 Å². The minimum Gasteiger partial charge on any atom is -0.362 e. The maximum absolute atomic E-state index is 12.6. The predicted molar refractivity (Wildman–Crippen MR) is 111 cm³/mol. The van der Waals surface area contributed by atoms with Crippen molar-refractivity contribution in [1.29, 1.82) is 0 Å². The van der Waals surface area contributed by atoms with Gasteiger partial charge in [-0.05, 0) is 37.6 Å². The summed E-state index contributed by atoms with van der Waals surface area (Å²) in [6.07, 6.45) is 0. The second-order valence-corrected chi connectivity index (χ2v) is 7.12. The van der Waals surface area contributed by atoms with Crippen LogP contribution >= 0.6 is 0 Å². The molecule has 2 aromatic carbocycles. The van der Waals surface area contributed by atoms with Crippen LogP contribution in [0.5, 0.6) is 0 Å². The molecule has 1 aliphatic heterocycles. The second kappa shape index (κ2) is 8.78.